The Bertz CT molecular complexity index is 1720. The average molecular weight is 479 g/mol. The molecule has 0 atom stereocenters. The highest BCUT2D eigenvalue weighted by Crippen LogP contribution is 2.28. The molecule has 5 aromatic rings. The number of nitriles is 1. The Morgan fingerprint density at radius 2 is 1.94 bits per heavy atom. The van der Waals surface area contributed by atoms with Crippen LogP contribution < -0.4 is 16.4 Å². The minimum atomic E-state index is -0.759. The highest BCUT2D eigenvalue weighted by Gasteiger charge is 2.18. The Labute approximate surface area is 203 Å². The molecule has 2 amide bonds. The summed E-state index contributed by atoms with van der Waals surface area (Å²) in [5.74, 6) is -1.40. The predicted molar refractivity (Wildman–Crippen MR) is 130 cm³/mol. The Kier molecular flexibility index (Phi) is 5.60. The van der Waals surface area contributed by atoms with E-state index < -0.39 is 11.7 Å². The number of hydrogen-bond donors (Lipinski definition) is 3. The van der Waals surface area contributed by atoms with Gasteiger partial charge in [0.25, 0.3) is 11.8 Å². The summed E-state index contributed by atoms with van der Waals surface area (Å²) in [4.78, 5) is 43.5. The third-order valence-corrected chi connectivity index (χ3v) is 5.55. The molecule has 0 unspecified atom stereocenters. The smallest absolute Gasteiger partial charge is 0.340 e. The zero-order valence-corrected chi connectivity index (χ0v) is 18.8. The quantitative estimate of drug-likeness (QED) is 0.349. The Morgan fingerprint density at radius 1 is 1.08 bits per heavy atom. The minimum absolute atomic E-state index is 0.0819. The number of nitrogens with zero attached hydrogens (tertiary/aromatic N) is 4. The number of nitrogens with one attached hydrogen (secondary N) is 3. The second kappa shape index (κ2) is 9.03. The Hall–Kier alpha value is -5.50. The van der Waals surface area contributed by atoms with Crippen molar-refractivity contribution in [3.63, 3.8) is 0 Å². The first-order chi connectivity index (χ1) is 17.4. The highest BCUT2D eigenvalue weighted by atomic mass is 16.5. The molecule has 0 bridgehead atoms. The Balaban J connectivity index is 1.44. The topological polar surface area (TPSA) is 159 Å². The van der Waals surface area contributed by atoms with Gasteiger partial charge in [-0.25, -0.2) is 4.79 Å². The summed E-state index contributed by atoms with van der Waals surface area (Å²) in [6.07, 6.45) is 3.07. The van der Waals surface area contributed by atoms with Crippen molar-refractivity contribution in [3.8, 4) is 17.5 Å². The molecule has 11 nitrogen and oxygen atoms in total. The molecule has 11 heteroatoms. The molecule has 2 aromatic carbocycles. The molecule has 0 spiro atoms. The van der Waals surface area contributed by atoms with E-state index in [0.717, 1.165) is 10.9 Å². The maximum atomic E-state index is 13.2. The van der Waals surface area contributed by atoms with Crippen LogP contribution in [0.25, 0.3) is 22.3 Å². The van der Waals surface area contributed by atoms with Gasteiger partial charge in [-0.05, 0) is 48.5 Å². The van der Waals surface area contributed by atoms with Crippen LogP contribution >= 0.6 is 0 Å². The van der Waals surface area contributed by atoms with Crippen LogP contribution in [0.1, 0.15) is 26.4 Å². The number of anilines is 2. The molecule has 0 aliphatic rings. The summed E-state index contributed by atoms with van der Waals surface area (Å²) >= 11 is 0. The Morgan fingerprint density at radius 3 is 2.67 bits per heavy atom. The van der Waals surface area contributed by atoms with Gasteiger partial charge in [-0.1, -0.05) is 11.2 Å². The molecular formula is C25H17N7O4. The first kappa shape index (κ1) is 22.3. The summed E-state index contributed by atoms with van der Waals surface area (Å²) in [7, 11) is 1.73. The van der Waals surface area contributed by atoms with Gasteiger partial charge in [-0.2, -0.15) is 5.26 Å². The van der Waals surface area contributed by atoms with Crippen molar-refractivity contribution in [2.75, 3.05) is 10.6 Å². The van der Waals surface area contributed by atoms with E-state index in [1.54, 1.807) is 60.3 Å². The van der Waals surface area contributed by atoms with Gasteiger partial charge in [-0.15, -0.1) is 0 Å². The van der Waals surface area contributed by atoms with E-state index in [9.17, 15) is 19.6 Å². The maximum absolute atomic E-state index is 13.2. The highest BCUT2D eigenvalue weighted by molar-refractivity contribution is 6.09. The standard InChI is InChI=1S/C25H17N7O4/c1-32-20-11-17(28-23(33)16-3-2-8-27-13-16)6-5-15(20)10-21(32)24(34)29-19-7-4-14(12-26)9-18(19)22-30-25(35)36-31-22/h2-11,13H,1H3,(H,28,33)(H,29,34)(H,30,31,35). The lowest BCUT2D eigenvalue weighted by Gasteiger charge is -2.10. The molecule has 3 aromatic heterocycles. The van der Waals surface area contributed by atoms with Crippen LogP contribution in [0, 0.1) is 11.3 Å². The maximum Gasteiger partial charge on any atom is 0.439 e. The summed E-state index contributed by atoms with van der Waals surface area (Å²) in [5, 5.41) is 19.3. The molecule has 0 saturated carbocycles. The van der Waals surface area contributed by atoms with Crippen LogP contribution in [0.5, 0.6) is 0 Å². The molecule has 3 heterocycles. The summed E-state index contributed by atoms with van der Waals surface area (Å²) in [5.41, 5.74) is 3.04. The van der Waals surface area contributed by atoms with Crippen molar-refractivity contribution < 1.29 is 14.1 Å². The summed E-state index contributed by atoms with van der Waals surface area (Å²) in [6, 6.07) is 17.0. The largest absolute Gasteiger partial charge is 0.439 e. The van der Waals surface area contributed by atoms with Crippen molar-refractivity contribution in [1.82, 2.24) is 19.7 Å². The van der Waals surface area contributed by atoms with Gasteiger partial charge in [0, 0.05) is 36.1 Å². The van der Waals surface area contributed by atoms with E-state index in [1.165, 1.54) is 18.3 Å². The number of aromatic amines is 1. The van der Waals surface area contributed by atoms with Crippen molar-refractivity contribution >= 4 is 34.1 Å². The number of amides is 2. The summed E-state index contributed by atoms with van der Waals surface area (Å²) < 4.78 is 6.27. The molecule has 0 aliphatic heterocycles. The summed E-state index contributed by atoms with van der Waals surface area (Å²) in [6.45, 7) is 0. The molecule has 176 valence electrons. The number of aryl methyl sites for hydroxylation is 1. The number of pyridine rings is 1. The zero-order valence-electron chi connectivity index (χ0n) is 18.8. The van der Waals surface area contributed by atoms with Gasteiger partial charge in [-0.3, -0.25) is 24.1 Å². The first-order valence-corrected chi connectivity index (χ1v) is 10.7. The lowest BCUT2D eigenvalue weighted by Crippen LogP contribution is -2.16. The molecular weight excluding hydrogens is 462 g/mol. The van der Waals surface area contributed by atoms with Crippen LogP contribution in [0.3, 0.4) is 0 Å². The predicted octanol–water partition coefficient (Wildman–Crippen LogP) is 3.29. The molecule has 5 rings (SSSR count). The van der Waals surface area contributed by atoms with Crippen LogP contribution in [0.2, 0.25) is 0 Å². The fraction of sp³-hybridized carbons (Fsp3) is 0.0400. The second-order valence-corrected chi connectivity index (χ2v) is 7.83. The zero-order chi connectivity index (χ0) is 25.2. The molecule has 36 heavy (non-hydrogen) atoms. The number of carbonyl (C=O) groups excluding carboxylic acids is 2. The van der Waals surface area contributed by atoms with Gasteiger partial charge in [0.1, 0.15) is 5.69 Å². The molecule has 0 aliphatic carbocycles. The number of aromatic nitrogens is 4. The second-order valence-electron chi connectivity index (χ2n) is 7.83. The molecule has 3 N–H and O–H groups in total. The van der Waals surface area contributed by atoms with Crippen molar-refractivity contribution in [1.29, 1.82) is 5.26 Å². The van der Waals surface area contributed by atoms with Gasteiger partial charge < -0.3 is 15.2 Å². The normalized spacial score (nSPS) is 10.7. The monoisotopic (exact) mass is 479 g/mol. The number of rotatable bonds is 5. The number of carbonyl (C=O) groups is 2. The average Bonchev–Trinajstić information content (AvgIpc) is 3.47. The van der Waals surface area contributed by atoms with Crippen LogP contribution in [0.4, 0.5) is 11.4 Å². The number of fused-ring (bicyclic) bond motifs is 1. The van der Waals surface area contributed by atoms with E-state index in [4.69, 9.17) is 0 Å². The van der Waals surface area contributed by atoms with Gasteiger partial charge in [0.15, 0.2) is 5.82 Å². The van der Waals surface area contributed by atoms with Crippen molar-refractivity contribution in [2.24, 2.45) is 7.05 Å². The van der Waals surface area contributed by atoms with Crippen LogP contribution in [0.15, 0.2) is 76.3 Å². The van der Waals surface area contributed by atoms with E-state index in [1.807, 2.05) is 6.07 Å². The van der Waals surface area contributed by atoms with Crippen molar-refractivity contribution in [3.05, 3.63) is 94.4 Å². The minimum Gasteiger partial charge on any atom is -0.340 e. The first-order valence-electron chi connectivity index (χ1n) is 10.7. The van der Waals surface area contributed by atoms with Crippen LogP contribution in [-0.4, -0.2) is 31.5 Å². The fourth-order valence-electron chi connectivity index (χ4n) is 3.78. The van der Waals surface area contributed by atoms with Crippen molar-refractivity contribution in [2.45, 2.75) is 0 Å². The van der Waals surface area contributed by atoms with Gasteiger partial charge in [0.05, 0.1) is 28.4 Å². The molecule has 0 fully saturated rings. The lowest BCUT2D eigenvalue weighted by molar-refractivity contribution is 0.101. The van der Waals surface area contributed by atoms with Crippen LogP contribution in [-0.2, 0) is 7.05 Å². The number of benzene rings is 2. The lowest BCUT2D eigenvalue weighted by atomic mass is 10.1. The van der Waals surface area contributed by atoms with E-state index in [0.29, 0.717) is 33.8 Å². The molecule has 0 radical (unpaired) electrons. The number of hydrogen-bond acceptors (Lipinski definition) is 7. The third-order valence-electron chi connectivity index (χ3n) is 5.55. The van der Waals surface area contributed by atoms with E-state index in [-0.39, 0.29) is 11.7 Å². The molecule has 0 saturated heterocycles. The van der Waals surface area contributed by atoms with Gasteiger partial charge in [0.2, 0.25) is 0 Å². The van der Waals surface area contributed by atoms with E-state index in [2.05, 4.69) is 30.3 Å². The number of H-pyrrole nitrogens is 1. The fourth-order valence-corrected chi connectivity index (χ4v) is 3.78. The van der Waals surface area contributed by atoms with Gasteiger partial charge >= 0.3 is 5.76 Å². The third kappa shape index (κ3) is 4.22. The SMILES string of the molecule is Cn1c(C(=O)Nc2ccc(C#N)cc2-c2noc(=O)[nH]2)cc2ccc(NC(=O)c3cccnc3)cc21. The van der Waals surface area contributed by atoms with E-state index >= 15 is 0 Å².